The van der Waals surface area contributed by atoms with Crippen LogP contribution in [0.3, 0.4) is 0 Å². The molecule has 166 valence electrons. The van der Waals surface area contributed by atoms with Crippen LogP contribution in [0.5, 0.6) is 0 Å². The first-order valence-corrected chi connectivity index (χ1v) is 11.1. The van der Waals surface area contributed by atoms with Crippen molar-refractivity contribution in [3.63, 3.8) is 0 Å². The highest BCUT2D eigenvalue weighted by atomic mass is 35.5. The summed E-state index contributed by atoms with van der Waals surface area (Å²) in [4.78, 5) is 33.1. The lowest BCUT2D eigenvalue weighted by atomic mass is 9.95. The second-order valence-corrected chi connectivity index (χ2v) is 8.73. The molecule has 1 amide bonds. The van der Waals surface area contributed by atoms with Crippen molar-refractivity contribution < 1.29 is 14.3 Å². The van der Waals surface area contributed by atoms with Crippen molar-refractivity contribution in [2.75, 3.05) is 11.9 Å². The van der Waals surface area contributed by atoms with Crippen LogP contribution in [0.15, 0.2) is 48.5 Å². The number of esters is 1. The molecule has 7 heteroatoms. The number of para-hydroxylation sites is 1. The number of amides is 1. The third-order valence-electron chi connectivity index (χ3n) is 5.76. The van der Waals surface area contributed by atoms with Crippen molar-refractivity contribution in [2.24, 2.45) is 0 Å². The molecular weight excluding hydrogens is 426 g/mol. The van der Waals surface area contributed by atoms with Gasteiger partial charge in [-0.1, -0.05) is 35.9 Å². The molecule has 1 unspecified atom stereocenters. The Morgan fingerprint density at radius 1 is 1.12 bits per heavy atom. The lowest BCUT2D eigenvalue weighted by Gasteiger charge is -2.32. The Morgan fingerprint density at radius 3 is 2.66 bits per heavy atom. The van der Waals surface area contributed by atoms with Crippen LogP contribution in [0.25, 0.3) is 10.9 Å². The molecule has 1 aliphatic heterocycles. The average Bonchev–Trinajstić information content (AvgIpc) is 2.76. The maximum atomic E-state index is 13.4. The summed E-state index contributed by atoms with van der Waals surface area (Å²) in [6, 6.07) is 14.7. The van der Waals surface area contributed by atoms with Crippen LogP contribution in [0, 0.1) is 0 Å². The van der Waals surface area contributed by atoms with Crippen LogP contribution in [-0.4, -0.2) is 40.5 Å². The Kier molecular flexibility index (Phi) is 6.44. The number of fused-ring (bicyclic) bond motifs is 2. The number of carbonyl (C=O) groups is 2. The number of pyridine rings is 1. The largest absolute Gasteiger partial charge is 0.449 e. The van der Waals surface area contributed by atoms with Crippen LogP contribution < -0.4 is 5.32 Å². The van der Waals surface area contributed by atoms with Gasteiger partial charge in [-0.25, -0.2) is 4.79 Å². The van der Waals surface area contributed by atoms with E-state index in [1.807, 2.05) is 24.3 Å². The van der Waals surface area contributed by atoms with E-state index in [9.17, 15) is 9.59 Å². The van der Waals surface area contributed by atoms with Crippen LogP contribution in [0.2, 0.25) is 5.02 Å². The Labute approximate surface area is 192 Å². The fourth-order valence-electron chi connectivity index (χ4n) is 3.97. The topological polar surface area (TPSA) is 71.5 Å². The van der Waals surface area contributed by atoms with E-state index in [2.05, 4.69) is 24.1 Å². The van der Waals surface area contributed by atoms with E-state index >= 15 is 0 Å². The molecule has 6 nitrogen and oxygen atoms in total. The zero-order chi connectivity index (χ0) is 22.8. The number of nitrogens with zero attached hydrogens (tertiary/aromatic N) is 2. The predicted octanol–water partition coefficient (Wildman–Crippen LogP) is 4.84. The number of ether oxygens (including phenoxy) is 1. The van der Waals surface area contributed by atoms with Gasteiger partial charge >= 0.3 is 5.97 Å². The number of benzene rings is 2. The average molecular weight is 452 g/mol. The normalized spacial score (nSPS) is 14.8. The fraction of sp³-hybridized carbons (Fsp3) is 0.320. The zero-order valence-corrected chi connectivity index (χ0v) is 19.1. The molecule has 2 aromatic carbocycles. The summed E-state index contributed by atoms with van der Waals surface area (Å²) < 4.78 is 5.64. The molecular formula is C25H26ClN3O3. The standard InChI is InChI=1S/C25H26ClN3O3/c1-15(2)29-12-11-22-20(14-29)23(19-9-4-5-10-21(19)28-22)25(31)32-16(3)24(30)27-18-8-6-7-17(26)13-18/h4-10,13,15-16H,11-12,14H2,1-3H3,(H,27,30). The van der Waals surface area contributed by atoms with Crippen molar-refractivity contribution in [3.05, 3.63) is 70.4 Å². The second-order valence-electron chi connectivity index (χ2n) is 8.29. The first kappa shape index (κ1) is 22.2. The molecule has 0 radical (unpaired) electrons. The summed E-state index contributed by atoms with van der Waals surface area (Å²) in [5, 5.41) is 3.99. The van der Waals surface area contributed by atoms with Gasteiger partial charge in [0.25, 0.3) is 5.91 Å². The number of hydrogen-bond acceptors (Lipinski definition) is 5. The van der Waals surface area contributed by atoms with Gasteiger partial charge in [0.2, 0.25) is 0 Å². The molecule has 1 atom stereocenters. The molecule has 3 aromatic rings. The third kappa shape index (κ3) is 4.61. The molecule has 32 heavy (non-hydrogen) atoms. The second kappa shape index (κ2) is 9.27. The smallest absolute Gasteiger partial charge is 0.339 e. The Morgan fingerprint density at radius 2 is 1.91 bits per heavy atom. The minimum atomic E-state index is -0.978. The van der Waals surface area contributed by atoms with Gasteiger partial charge < -0.3 is 10.1 Å². The number of anilines is 1. The van der Waals surface area contributed by atoms with E-state index in [1.165, 1.54) is 0 Å². The highest BCUT2D eigenvalue weighted by Gasteiger charge is 2.29. The van der Waals surface area contributed by atoms with Crippen LogP contribution in [0.1, 0.15) is 42.4 Å². The number of carbonyl (C=O) groups excluding carboxylic acids is 2. The van der Waals surface area contributed by atoms with Crippen molar-refractivity contribution >= 4 is 40.1 Å². The van der Waals surface area contributed by atoms with Gasteiger partial charge in [0.15, 0.2) is 6.10 Å². The van der Waals surface area contributed by atoms with Gasteiger partial charge in [-0.05, 0) is 45.0 Å². The number of aromatic nitrogens is 1. The van der Waals surface area contributed by atoms with Crippen LogP contribution in [0.4, 0.5) is 5.69 Å². The van der Waals surface area contributed by atoms with Gasteiger partial charge in [0.1, 0.15) is 0 Å². The maximum absolute atomic E-state index is 13.4. The third-order valence-corrected chi connectivity index (χ3v) is 5.99. The SMILES string of the molecule is CC(OC(=O)c1c2c(nc3ccccc13)CCN(C(C)C)C2)C(=O)Nc1cccc(Cl)c1. The van der Waals surface area contributed by atoms with Crippen LogP contribution >= 0.6 is 11.6 Å². The monoisotopic (exact) mass is 451 g/mol. The lowest BCUT2D eigenvalue weighted by molar-refractivity contribution is -0.123. The minimum absolute atomic E-state index is 0.348. The minimum Gasteiger partial charge on any atom is -0.449 e. The van der Waals surface area contributed by atoms with Gasteiger partial charge in [0.05, 0.1) is 11.1 Å². The van der Waals surface area contributed by atoms with Crippen molar-refractivity contribution in [1.29, 1.82) is 0 Å². The van der Waals surface area contributed by atoms with E-state index in [0.717, 1.165) is 35.1 Å². The maximum Gasteiger partial charge on any atom is 0.339 e. The Hall–Kier alpha value is -2.96. The molecule has 1 N–H and O–H groups in total. The molecule has 1 aromatic heterocycles. The van der Waals surface area contributed by atoms with E-state index in [4.69, 9.17) is 21.3 Å². The summed E-state index contributed by atoms with van der Waals surface area (Å²) in [6.45, 7) is 7.36. The summed E-state index contributed by atoms with van der Waals surface area (Å²) in [7, 11) is 0. The lowest BCUT2D eigenvalue weighted by Crippen LogP contribution is -2.37. The predicted molar refractivity (Wildman–Crippen MR) is 126 cm³/mol. The highest BCUT2D eigenvalue weighted by molar-refractivity contribution is 6.30. The first-order valence-electron chi connectivity index (χ1n) is 10.8. The van der Waals surface area contributed by atoms with Crippen LogP contribution in [-0.2, 0) is 22.5 Å². The van der Waals surface area contributed by atoms with E-state index in [1.54, 1.807) is 31.2 Å². The quantitative estimate of drug-likeness (QED) is 0.562. The fourth-order valence-corrected chi connectivity index (χ4v) is 4.16. The summed E-state index contributed by atoms with van der Waals surface area (Å²) >= 11 is 5.98. The number of nitrogens with one attached hydrogen (secondary N) is 1. The number of hydrogen-bond donors (Lipinski definition) is 1. The van der Waals surface area contributed by atoms with Gasteiger partial charge in [-0.2, -0.15) is 0 Å². The number of halogens is 1. The zero-order valence-electron chi connectivity index (χ0n) is 18.4. The van der Waals surface area contributed by atoms with E-state index in [0.29, 0.717) is 28.9 Å². The summed E-state index contributed by atoms with van der Waals surface area (Å²) in [6.07, 6.45) is -0.211. The molecule has 0 fully saturated rings. The molecule has 0 bridgehead atoms. The molecule has 0 spiro atoms. The van der Waals surface area contributed by atoms with Crippen molar-refractivity contribution in [1.82, 2.24) is 9.88 Å². The first-order chi connectivity index (χ1) is 15.3. The highest BCUT2D eigenvalue weighted by Crippen LogP contribution is 2.30. The molecule has 0 saturated heterocycles. The molecule has 1 aliphatic rings. The van der Waals surface area contributed by atoms with E-state index < -0.39 is 18.0 Å². The van der Waals surface area contributed by atoms with E-state index in [-0.39, 0.29) is 0 Å². The number of rotatable bonds is 5. The summed E-state index contributed by atoms with van der Waals surface area (Å²) in [5.74, 6) is -0.934. The Bertz CT molecular complexity index is 1180. The summed E-state index contributed by atoms with van der Waals surface area (Å²) in [5.41, 5.74) is 3.61. The molecule has 4 rings (SSSR count). The van der Waals surface area contributed by atoms with Crippen molar-refractivity contribution in [2.45, 2.75) is 45.9 Å². The molecule has 2 heterocycles. The molecule has 0 saturated carbocycles. The molecule has 0 aliphatic carbocycles. The van der Waals surface area contributed by atoms with Crippen molar-refractivity contribution in [3.8, 4) is 0 Å². The van der Waals surface area contributed by atoms with Gasteiger partial charge in [-0.15, -0.1) is 0 Å². The van der Waals surface area contributed by atoms with Gasteiger partial charge in [0, 0.05) is 52.9 Å². The van der Waals surface area contributed by atoms with Gasteiger partial charge in [-0.3, -0.25) is 14.7 Å². The Balaban J connectivity index is 1.62.